The summed E-state index contributed by atoms with van der Waals surface area (Å²) < 4.78 is 38.4. The predicted molar refractivity (Wildman–Crippen MR) is 59.0 cm³/mol. The van der Waals surface area contributed by atoms with E-state index in [4.69, 9.17) is 5.26 Å². The Balaban J connectivity index is 3.58. The first-order valence-electron chi connectivity index (χ1n) is 4.52. The summed E-state index contributed by atoms with van der Waals surface area (Å²) in [6.07, 6.45) is -4.61. The lowest BCUT2D eigenvalue weighted by atomic mass is 9.96. The van der Waals surface area contributed by atoms with Crippen molar-refractivity contribution in [2.24, 2.45) is 0 Å². The van der Waals surface area contributed by atoms with Gasteiger partial charge in [0, 0.05) is 5.56 Å². The van der Waals surface area contributed by atoms with Crippen LogP contribution in [0.3, 0.4) is 0 Å². The Morgan fingerprint density at radius 2 is 2.06 bits per heavy atom. The number of nitrogens with zero attached hydrogens (tertiary/aromatic N) is 1. The average molecular weight is 306 g/mol. The van der Waals surface area contributed by atoms with Gasteiger partial charge < -0.3 is 0 Å². The van der Waals surface area contributed by atoms with Crippen LogP contribution in [0.5, 0.6) is 0 Å². The van der Waals surface area contributed by atoms with Crippen molar-refractivity contribution in [1.82, 2.24) is 0 Å². The van der Waals surface area contributed by atoms with E-state index in [0.29, 0.717) is 0 Å². The fourth-order valence-electron chi connectivity index (χ4n) is 1.52. The highest BCUT2D eigenvalue weighted by Crippen LogP contribution is 2.35. The van der Waals surface area contributed by atoms with Crippen LogP contribution < -0.4 is 0 Å². The van der Waals surface area contributed by atoms with Gasteiger partial charge in [-0.1, -0.05) is 15.9 Å². The van der Waals surface area contributed by atoms with Crippen LogP contribution in [0.25, 0.3) is 0 Å². The fourth-order valence-corrected chi connectivity index (χ4v) is 1.82. The zero-order valence-electron chi connectivity index (χ0n) is 8.73. The number of carbonyl (C=O) groups excluding carboxylic acids is 1. The molecule has 17 heavy (non-hydrogen) atoms. The molecule has 0 saturated heterocycles. The second-order valence-electron chi connectivity index (χ2n) is 3.38. The molecule has 0 N–H and O–H groups in total. The number of rotatable bonds is 2. The van der Waals surface area contributed by atoms with E-state index in [0.717, 1.165) is 12.1 Å². The lowest BCUT2D eigenvalue weighted by Gasteiger charge is -2.14. The molecule has 0 aliphatic carbocycles. The lowest BCUT2D eigenvalue weighted by molar-refractivity contribution is -0.138. The summed E-state index contributed by atoms with van der Waals surface area (Å²) in [6.45, 7) is 1.23. The molecule has 0 amide bonds. The molecule has 90 valence electrons. The first-order valence-corrected chi connectivity index (χ1v) is 5.64. The van der Waals surface area contributed by atoms with E-state index in [2.05, 4.69) is 15.9 Å². The topological polar surface area (TPSA) is 40.9 Å². The minimum atomic E-state index is -4.61. The fraction of sp³-hybridized carbons (Fsp3) is 0.273. The first-order chi connectivity index (χ1) is 7.81. The van der Waals surface area contributed by atoms with Crippen LogP contribution in [0.1, 0.15) is 27.0 Å². The van der Waals surface area contributed by atoms with Gasteiger partial charge in [0.15, 0.2) is 5.78 Å². The Hall–Kier alpha value is -1.35. The van der Waals surface area contributed by atoms with Gasteiger partial charge in [0.05, 0.1) is 22.5 Å². The van der Waals surface area contributed by atoms with Crippen molar-refractivity contribution in [3.8, 4) is 6.07 Å². The molecule has 0 saturated carbocycles. The van der Waals surface area contributed by atoms with Gasteiger partial charge in [-0.3, -0.25) is 4.79 Å². The molecule has 0 aliphatic rings. The molecule has 0 unspecified atom stereocenters. The van der Waals surface area contributed by atoms with Gasteiger partial charge in [-0.05, 0) is 24.6 Å². The Labute approximate surface area is 104 Å². The lowest BCUT2D eigenvalue weighted by Crippen LogP contribution is -2.16. The maximum Gasteiger partial charge on any atom is 0.417 e. The maximum absolute atomic E-state index is 12.8. The van der Waals surface area contributed by atoms with Crippen LogP contribution in [0.4, 0.5) is 13.2 Å². The van der Waals surface area contributed by atoms with E-state index < -0.39 is 23.1 Å². The van der Waals surface area contributed by atoms with Crippen molar-refractivity contribution in [3.05, 3.63) is 34.4 Å². The zero-order chi connectivity index (χ0) is 13.2. The highest BCUT2D eigenvalue weighted by Gasteiger charge is 2.36. The van der Waals surface area contributed by atoms with E-state index in [-0.39, 0.29) is 16.5 Å². The van der Waals surface area contributed by atoms with Crippen molar-refractivity contribution in [1.29, 1.82) is 5.26 Å². The average Bonchev–Trinajstić information content (AvgIpc) is 2.24. The van der Waals surface area contributed by atoms with Gasteiger partial charge in [0.1, 0.15) is 0 Å². The Morgan fingerprint density at radius 3 is 2.47 bits per heavy atom. The number of alkyl halides is 4. The third kappa shape index (κ3) is 2.86. The van der Waals surface area contributed by atoms with Crippen molar-refractivity contribution in [2.75, 3.05) is 5.33 Å². The minimum Gasteiger partial charge on any atom is -0.293 e. The Kier molecular flexibility index (Phi) is 3.94. The molecule has 0 aromatic heterocycles. The van der Waals surface area contributed by atoms with Gasteiger partial charge in [0.25, 0.3) is 0 Å². The molecular weight excluding hydrogens is 299 g/mol. The third-order valence-electron chi connectivity index (χ3n) is 2.17. The molecule has 0 heterocycles. The van der Waals surface area contributed by atoms with Crippen LogP contribution in [-0.4, -0.2) is 11.1 Å². The van der Waals surface area contributed by atoms with E-state index in [1.165, 1.54) is 6.92 Å². The smallest absolute Gasteiger partial charge is 0.293 e. The van der Waals surface area contributed by atoms with Gasteiger partial charge in [0.2, 0.25) is 0 Å². The van der Waals surface area contributed by atoms with E-state index in [1.807, 2.05) is 0 Å². The molecule has 6 heteroatoms. The molecule has 0 atom stereocenters. The number of hydrogen-bond acceptors (Lipinski definition) is 2. The summed E-state index contributed by atoms with van der Waals surface area (Å²) in [5, 5.41) is 8.46. The zero-order valence-corrected chi connectivity index (χ0v) is 10.3. The highest BCUT2D eigenvalue weighted by molar-refractivity contribution is 9.09. The molecule has 0 fully saturated rings. The van der Waals surface area contributed by atoms with E-state index in [1.54, 1.807) is 6.07 Å². The molecule has 1 aromatic rings. The van der Waals surface area contributed by atoms with Gasteiger partial charge in [-0.15, -0.1) is 0 Å². The van der Waals surface area contributed by atoms with Crippen molar-refractivity contribution in [2.45, 2.75) is 13.1 Å². The summed E-state index contributed by atoms with van der Waals surface area (Å²) in [7, 11) is 0. The number of benzene rings is 1. The molecule has 0 spiro atoms. The molecular formula is C11H7BrF3NO. The first kappa shape index (κ1) is 13.7. The SMILES string of the molecule is Cc1cc(C#N)cc(C(=O)CBr)c1C(F)(F)F. The Bertz CT molecular complexity index is 503. The number of carbonyl (C=O) groups is 1. The van der Waals surface area contributed by atoms with Crippen LogP contribution in [0.2, 0.25) is 0 Å². The quantitative estimate of drug-likeness (QED) is 0.620. The number of nitriles is 1. The molecule has 0 aliphatic heterocycles. The van der Waals surface area contributed by atoms with Gasteiger partial charge >= 0.3 is 6.18 Å². The second kappa shape index (κ2) is 4.88. The number of hydrogen-bond donors (Lipinski definition) is 0. The summed E-state index contributed by atoms with van der Waals surface area (Å²) >= 11 is 2.82. The molecule has 0 radical (unpaired) electrons. The van der Waals surface area contributed by atoms with Crippen LogP contribution in [0.15, 0.2) is 12.1 Å². The van der Waals surface area contributed by atoms with Crippen LogP contribution in [-0.2, 0) is 6.18 Å². The van der Waals surface area contributed by atoms with Crippen LogP contribution in [0, 0.1) is 18.3 Å². The van der Waals surface area contributed by atoms with E-state index >= 15 is 0 Å². The minimum absolute atomic E-state index is 0.0415. The Morgan fingerprint density at radius 1 is 1.47 bits per heavy atom. The van der Waals surface area contributed by atoms with Crippen molar-refractivity contribution < 1.29 is 18.0 Å². The number of Topliss-reactive ketones (excluding diaryl/α,β-unsaturated/α-hetero) is 1. The van der Waals surface area contributed by atoms with E-state index in [9.17, 15) is 18.0 Å². The normalized spacial score (nSPS) is 11.1. The number of halogens is 4. The summed E-state index contributed by atoms with van der Waals surface area (Å²) in [5.74, 6) is -0.697. The summed E-state index contributed by atoms with van der Waals surface area (Å²) in [6, 6.07) is 3.82. The summed E-state index contributed by atoms with van der Waals surface area (Å²) in [5.41, 5.74) is -1.52. The number of ketones is 1. The van der Waals surface area contributed by atoms with Crippen LogP contribution >= 0.6 is 15.9 Å². The standard InChI is InChI=1S/C11H7BrF3NO/c1-6-2-7(5-16)3-8(9(17)4-12)10(6)11(13,14)15/h2-3H,4H2,1H3. The third-order valence-corrected chi connectivity index (χ3v) is 2.68. The molecule has 0 bridgehead atoms. The van der Waals surface area contributed by atoms with Gasteiger partial charge in [-0.25, -0.2) is 0 Å². The number of aryl methyl sites for hydroxylation is 1. The van der Waals surface area contributed by atoms with Crippen molar-refractivity contribution >= 4 is 21.7 Å². The molecule has 1 aromatic carbocycles. The largest absolute Gasteiger partial charge is 0.417 e. The summed E-state index contributed by atoms with van der Waals surface area (Å²) in [4.78, 5) is 11.4. The highest BCUT2D eigenvalue weighted by atomic mass is 79.9. The monoisotopic (exact) mass is 305 g/mol. The molecule has 2 nitrogen and oxygen atoms in total. The molecule has 1 rings (SSSR count). The van der Waals surface area contributed by atoms with Crippen molar-refractivity contribution in [3.63, 3.8) is 0 Å². The second-order valence-corrected chi connectivity index (χ2v) is 3.94. The maximum atomic E-state index is 12.8. The predicted octanol–water partition coefficient (Wildman–Crippen LogP) is 3.46. The van der Waals surface area contributed by atoms with Gasteiger partial charge in [-0.2, -0.15) is 18.4 Å².